The zero-order chi connectivity index (χ0) is 5.98. The van der Waals surface area contributed by atoms with Gasteiger partial charge in [-0.2, -0.15) is 0 Å². The van der Waals surface area contributed by atoms with Crippen LogP contribution in [-0.4, -0.2) is 25.0 Å². The van der Waals surface area contributed by atoms with Crippen molar-refractivity contribution in [1.82, 2.24) is 4.90 Å². The first-order valence-corrected chi connectivity index (χ1v) is 3.47. The Bertz CT molecular complexity index is 67.3. The van der Waals surface area contributed by atoms with Gasteiger partial charge in [0.1, 0.15) is 0 Å². The summed E-state index contributed by atoms with van der Waals surface area (Å²) in [5.74, 6) is 0.939. The van der Waals surface area contributed by atoms with Crippen LogP contribution in [0, 0.1) is 5.92 Å². The first kappa shape index (κ1) is 9.65. The van der Waals surface area contributed by atoms with Gasteiger partial charge in [-0.1, -0.05) is 6.92 Å². The standard InChI is InChI=1S/C7H15N.W/c1-7-4-3-5-8(2)6-7;/h7H,3-6H2,1-2H3;. The van der Waals surface area contributed by atoms with Crippen LogP contribution in [0.15, 0.2) is 0 Å². The maximum absolute atomic E-state index is 2.41. The van der Waals surface area contributed by atoms with Gasteiger partial charge in [0, 0.05) is 27.6 Å². The van der Waals surface area contributed by atoms with E-state index in [0.29, 0.717) is 0 Å². The van der Waals surface area contributed by atoms with Gasteiger partial charge < -0.3 is 4.90 Å². The van der Waals surface area contributed by atoms with Crippen molar-refractivity contribution in [2.75, 3.05) is 20.1 Å². The largest absolute Gasteiger partial charge is 0.306 e. The smallest absolute Gasteiger partial charge is 0.000398 e. The molecule has 1 fully saturated rings. The maximum Gasteiger partial charge on any atom is 0.000398 e. The molecule has 1 atom stereocenters. The zero-order valence-corrected chi connectivity index (χ0v) is 9.19. The quantitative estimate of drug-likeness (QED) is 0.652. The van der Waals surface area contributed by atoms with Crippen molar-refractivity contribution in [3.63, 3.8) is 0 Å². The summed E-state index contributed by atoms with van der Waals surface area (Å²) in [7, 11) is 2.20. The van der Waals surface area contributed by atoms with Gasteiger partial charge in [-0.15, -0.1) is 0 Å². The molecule has 0 aliphatic carbocycles. The van der Waals surface area contributed by atoms with E-state index in [-0.39, 0.29) is 21.1 Å². The monoisotopic (exact) mass is 297 g/mol. The van der Waals surface area contributed by atoms with Crippen LogP contribution in [0.4, 0.5) is 0 Å². The van der Waals surface area contributed by atoms with E-state index < -0.39 is 0 Å². The fourth-order valence-corrected chi connectivity index (χ4v) is 1.42. The molecule has 1 nitrogen and oxygen atoms in total. The third-order valence-corrected chi connectivity index (χ3v) is 1.86. The summed E-state index contributed by atoms with van der Waals surface area (Å²) in [6, 6.07) is 0. The van der Waals surface area contributed by atoms with Crippen LogP contribution in [0.3, 0.4) is 0 Å². The Labute approximate surface area is 72.1 Å². The second-order valence-electron chi connectivity index (χ2n) is 3.01. The Morgan fingerprint density at radius 2 is 2.11 bits per heavy atom. The molecule has 0 amide bonds. The number of likely N-dealkylation sites (tertiary alicyclic amines) is 1. The molecule has 0 radical (unpaired) electrons. The van der Waals surface area contributed by atoms with E-state index in [4.69, 9.17) is 0 Å². The molecule has 1 rings (SSSR count). The summed E-state index contributed by atoms with van der Waals surface area (Å²) < 4.78 is 0. The van der Waals surface area contributed by atoms with E-state index in [9.17, 15) is 0 Å². The normalized spacial score (nSPS) is 29.3. The van der Waals surface area contributed by atoms with Crippen molar-refractivity contribution >= 4 is 0 Å². The van der Waals surface area contributed by atoms with Crippen LogP contribution < -0.4 is 0 Å². The molecule has 0 N–H and O–H groups in total. The minimum atomic E-state index is 0. The molecule has 0 aromatic carbocycles. The first-order valence-electron chi connectivity index (χ1n) is 3.47. The molecule has 1 heterocycles. The van der Waals surface area contributed by atoms with Gasteiger partial charge in [0.25, 0.3) is 0 Å². The number of piperidine rings is 1. The molecule has 1 saturated heterocycles. The average molecular weight is 297 g/mol. The van der Waals surface area contributed by atoms with Crippen LogP contribution in [0.5, 0.6) is 0 Å². The van der Waals surface area contributed by atoms with Gasteiger partial charge in [0.05, 0.1) is 0 Å². The van der Waals surface area contributed by atoms with Crippen molar-refractivity contribution in [3.05, 3.63) is 0 Å². The predicted octanol–water partition coefficient (Wildman–Crippen LogP) is 1.35. The zero-order valence-electron chi connectivity index (χ0n) is 6.26. The molecule has 1 unspecified atom stereocenters. The molecule has 0 saturated carbocycles. The molecule has 1 aliphatic rings. The molecule has 2 heteroatoms. The summed E-state index contributed by atoms with van der Waals surface area (Å²) in [4.78, 5) is 2.41. The first-order chi connectivity index (χ1) is 3.79. The minimum Gasteiger partial charge on any atom is -0.306 e. The van der Waals surface area contributed by atoms with Gasteiger partial charge in [0.2, 0.25) is 0 Å². The van der Waals surface area contributed by atoms with E-state index in [2.05, 4.69) is 18.9 Å². The third kappa shape index (κ3) is 3.37. The van der Waals surface area contributed by atoms with Crippen LogP contribution in [-0.2, 0) is 21.1 Å². The minimum absolute atomic E-state index is 0. The Hall–Kier alpha value is 0.648. The molecule has 9 heavy (non-hydrogen) atoms. The van der Waals surface area contributed by atoms with Crippen molar-refractivity contribution in [1.29, 1.82) is 0 Å². The van der Waals surface area contributed by atoms with Gasteiger partial charge in [-0.25, -0.2) is 0 Å². The summed E-state index contributed by atoms with van der Waals surface area (Å²) >= 11 is 0. The number of hydrogen-bond acceptors (Lipinski definition) is 1. The van der Waals surface area contributed by atoms with Crippen LogP contribution in [0.1, 0.15) is 19.8 Å². The van der Waals surface area contributed by atoms with E-state index >= 15 is 0 Å². The number of rotatable bonds is 0. The van der Waals surface area contributed by atoms with Gasteiger partial charge in [-0.05, 0) is 32.4 Å². The van der Waals surface area contributed by atoms with Gasteiger partial charge >= 0.3 is 0 Å². The van der Waals surface area contributed by atoms with Crippen LogP contribution >= 0.6 is 0 Å². The second kappa shape index (κ2) is 4.46. The topological polar surface area (TPSA) is 3.24 Å². The van der Waals surface area contributed by atoms with Crippen LogP contribution in [0.2, 0.25) is 0 Å². The molecular weight excluding hydrogens is 282 g/mol. The molecule has 1 aliphatic heterocycles. The van der Waals surface area contributed by atoms with E-state index in [0.717, 1.165) is 5.92 Å². The molecule has 54 valence electrons. The Kier molecular flexibility index (Phi) is 4.78. The molecule has 0 bridgehead atoms. The van der Waals surface area contributed by atoms with Crippen molar-refractivity contribution in [2.24, 2.45) is 5.92 Å². The summed E-state index contributed by atoms with van der Waals surface area (Å²) in [6.45, 7) is 4.94. The Morgan fingerprint density at radius 3 is 2.44 bits per heavy atom. The SMILES string of the molecule is CC1CCCN(C)C1.[W]. The fourth-order valence-electron chi connectivity index (χ4n) is 1.42. The van der Waals surface area contributed by atoms with E-state index in [1.54, 1.807) is 0 Å². The molecule has 0 aromatic heterocycles. The van der Waals surface area contributed by atoms with Crippen molar-refractivity contribution in [2.45, 2.75) is 19.8 Å². The number of nitrogens with zero attached hydrogens (tertiary/aromatic N) is 1. The average Bonchev–Trinajstić information content (AvgIpc) is 1.64. The van der Waals surface area contributed by atoms with Crippen LogP contribution in [0.25, 0.3) is 0 Å². The van der Waals surface area contributed by atoms with Gasteiger partial charge in [0.15, 0.2) is 0 Å². The molecular formula is C7H15NW. The van der Waals surface area contributed by atoms with E-state index in [1.807, 2.05) is 0 Å². The maximum atomic E-state index is 2.41. The number of hydrogen-bond donors (Lipinski definition) is 0. The summed E-state index contributed by atoms with van der Waals surface area (Å²) in [6.07, 6.45) is 2.84. The Balaban J connectivity index is 0.000000640. The Morgan fingerprint density at radius 1 is 1.44 bits per heavy atom. The van der Waals surface area contributed by atoms with E-state index in [1.165, 1.54) is 25.9 Å². The fraction of sp³-hybridized carbons (Fsp3) is 1.00. The third-order valence-electron chi connectivity index (χ3n) is 1.86. The second-order valence-corrected chi connectivity index (χ2v) is 3.01. The summed E-state index contributed by atoms with van der Waals surface area (Å²) in [5.41, 5.74) is 0. The van der Waals surface area contributed by atoms with Gasteiger partial charge in [-0.3, -0.25) is 0 Å². The van der Waals surface area contributed by atoms with Crippen molar-refractivity contribution in [3.8, 4) is 0 Å². The van der Waals surface area contributed by atoms with Crippen molar-refractivity contribution < 1.29 is 21.1 Å². The molecule has 0 aromatic rings. The molecule has 0 spiro atoms. The predicted molar refractivity (Wildman–Crippen MR) is 35.9 cm³/mol. The summed E-state index contributed by atoms with van der Waals surface area (Å²) in [5, 5.41) is 0.